The molecule has 0 spiro atoms. The highest BCUT2D eigenvalue weighted by molar-refractivity contribution is 7.99. The molecule has 0 aliphatic carbocycles. The third-order valence-electron chi connectivity index (χ3n) is 1.28. The minimum Gasteiger partial charge on any atom is -0.468 e. The highest BCUT2D eigenvalue weighted by Gasteiger charge is 2.11. The van der Waals surface area contributed by atoms with Crippen molar-refractivity contribution in [2.45, 2.75) is 19.4 Å². The van der Waals surface area contributed by atoms with Crippen LogP contribution in [0.2, 0.25) is 0 Å². The van der Waals surface area contributed by atoms with E-state index in [1.54, 1.807) is 11.8 Å². The Morgan fingerprint density at radius 3 is 2.82 bits per heavy atom. The van der Waals surface area contributed by atoms with Gasteiger partial charge in [-0.1, -0.05) is 6.92 Å². The van der Waals surface area contributed by atoms with E-state index < -0.39 is 6.04 Å². The van der Waals surface area contributed by atoms with E-state index in [9.17, 15) is 4.79 Å². The fourth-order valence-corrected chi connectivity index (χ4v) is 1.33. The maximum Gasteiger partial charge on any atom is 0.322 e. The van der Waals surface area contributed by atoms with Gasteiger partial charge in [-0.25, -0.2) is 0 Å². The largest absolute Gasteiger partial charge is 0.468 e. The molecule has 1 atom stereocenters. The molecule has 4 heteroatoms. The Balaban J connectivity index is 3.36. The molecule has 66 valence electrons. The van der Waals surface area contributed by atoms with Crippen LogP contribution in [-0.2, 0) is 9.53 Å². The molecule has 0 aliphatic heterocycles. The molecule has 3 nitrogen and oxygen atoms in total. The molecule has 0 bridgehead atoms. The van der Waals surface area contributed by atoms with Gasteiger partial charge in [0.05, 0.1) is 7.11 Å². The molecule has 2 N–H and O–H groups in total. The maximum absolute atomic E-state index is 10.7. The molecule has 0 aromatic rings. The van der Waals surface area contributed by atoms with Crippen molar-refractivity contribution in [2.75, 3.05) is 18.6 Å². The molecule has 0 aromatic heterocycles. The predicted molar refractivity (Wildman–Crippen MR) is 47.6 cm³/mol. The molecule has 0 heterocycles. The minimum absolute atomic E-state index is 0.318. The Kier molecular flexibility index (Phi) is 6.36. The first-order chi connectivity index (χ1) is 5.22. The Labute approximate surface area is 71.7 Å². The Morgan fingerprint density at radius 2 is 2.36 bits per heavy atom. The van der Waals surface area contributed by atoms with Crippen LogP contribution >= 0.6 is 11.8 Å². The number of carbonyl (C=O) groups excluding carboxylic acids is 1. The van der Waals surface area contributed by atoms with Gasteiger partial charge in [-0.3, -0.25) is 4.79 Å². The van der Waals surface area contributed by atoms with Gasteiger partial charge < -0.3 is 10.5 Å². The summed E-state index contributed by atoms with van der Waals surface area (Å²) in [6.07, 6.45) is 0.700. The number of nitrogens with two attached hydrogens (primary N) is 1. The molecular weight excluding hydrogens is 162 g/mol. The summed E-state index contributed by atoms with van der Waals surface area (Å²) in [6.45, 7) is 2.08. The van der Waals surface area contributed by atoms with Crippen molar-refractivity contribution in [3.63, 3.8) is 0 Å². The number of rotatable bonds is 5. The first-order valence-corrected chi connectivity index (χ1v) is 4.79. The van der Waals surface area contributed by atoms with E-state index in [1.807, 2.05) is 0 Å². The zero-order chi connectivity index (χ0) is 8.69. The van der Waals surface area contributed by atoms with Crippen LogP contribution in [0.25, 0.3) is 0 Å². The number of esters is 1. The van der Waals surface area contributed by atoms with Gasteiger partial charge in [0, 0.05) is 0 Å². The maximum atomic E-state index is 10.7. The van der Waals surface area contributed by atoms with E-state index >= 15 is 0 Å². The van der Waals surface area contributed by atoms with Gasteiger partial charge >= 0.3 is 5.97 Å². The van der Waals surface area contributed by atoms with Crippen molar-refractivity contribution in [1.82, 2.24) is 0 Å². The molecule has 0 saturated carbocycles. The standard InChI is InChI=1S/C7H15NO2S/c1-3-11-5-4-6(8)7(9)10-2/h6H,3-5,8H2,1-2H3/t6-/m0/s1. The summed E-state index contributed by atoms with van der Waals surface area (Å²) >= 11 is 1.78. The first kappa shape index (κ1) is 10.8. The van der Waals surface area contributed by atoms with Crippen molar-refractivity contribution in [3.8, 4) is 0 Å². The zero-order valence-corrected chi connectivity index (χ0v) is 7.82. The number of methoxy groups -OCH3 is 1. The molecular formula is C7H15NO2S. The van der Waals surface area contributed by atoms with Crippen molar-refractivity contribution in [1.29, 1.82) is 0 Å². The Hall–Kier alpha value is -0.220. The highest BCUT2D eigenvalue weighted by Crippen LogP contribution is 2.03. The highest BCUT2D eigenvalue weighted by atomic mass is 32.2. The topological polar surface area (TPSA) is 52.3 Å². The zero-order valence-electron chi connectivity index (χ0n) is 7.00. The SMILES string of the molecule is CCSCC[C@H](N)C(=O)OC. The monoisotopic (exact) mass is 177 g/mol. The fraction of sp³-hybridized carbons (Fsp3) is 0.857. The molecule has 0 radical (unpaired) electrons. The second kappa shape index (κ2) is 6.49. The molecule has 0 rings (SSSR count). The fourth-order valence-electron chi connectivity index (χ4n) is 0.624. The number of hydrogen-bond acceptors (Lipinski definition) is 4. The summed E-state index contributed by atoms with van der Waals surface area (Å²) in [6, 6.07) is -0.445. The number of thioether (sulfide) groups is 1. The summed E-state index contributed by atoms with van der Waals surface area (Å²) < 4.78 is 4.47. The smallest absolute Gasteiger partial charge is 0.322 e. The van der Waals surface area contributed by atoms with E-state index in [2.05, 4.69) is 11.7 Å². The first-order valence-electron chi connectivity index (χ1n) is 3.63. The van der Waals surface area contributed by atoms with Crippen molar-refractivity contribution >= 4 is 17.7 Å². The van der Waals surface area contributed by atoms with Crippen LogP contribution in [0.15, 0.2) is 0 Å². The van der Waals surface area contributed by atoms with Gasteiger partial charge in [-0.05, 0) is 17.9 Å². The van der Waals surface area contributed by atoms with Gasteiger partial charge in [0.15, 0.2) is 0 Å². The van der Waals surface area contributed by atoms with Crippen molar-refractivity contribution in [2.24, 2.45) is 5.73 Å². The van der Waals surface area contributed by atoms with Crippen LogP contribution < -0.4 is 5.73 Å². The van der Waals surface area contributed by atoms with E-state index in [1.165, 1.54) is 7.11 Å². The summed E-state index contributed by atoms with van der Waals surface area (Å²) in [4.78, 5) is 10.7. The lowest BCUT2D eigenvalue weighted by Crippen LogP contribution is -2.31. The summed E-state index contributed by atoms with van der Waals surface area (Å²) in [5.74, 6) is 1.67. The molecule has 0 aromatic carbocycles. The lowest BCUT2D eigenvalue weighted by atomic mass is 10.2. The Bertz CT molecular complexity index is 119. The van der Waals surface area contributed by atoms with Crippen LogP contribution in [0, 0.1) is 0 Å². The van der Waals surface area contributed by atoms with E-state index in [4.69, 9.17) is 5.73 Å². The lowest BCUT2D eigenvalue weighted by Gasteiger charge is -2.07. The van der Waals surface area contributed by atoms with Gasteiger partial charge in [-0.15, -0.1) is 0 Å². The third kappa shape index (κ3) is 5.09. The molecule has 11 heavy (non-hydrogen) atoms. The second-order valence-corrected chi connectivity index (χ2v) is 3.51. The van der Waals surface area contributed by atoms with Crippen molar-refractivity contribution < 1.29 is 9.53 Å². The van der Waals surface area contributed by atoms with Gasteiger partial charge in [0.1, 0.15) is 6.04 Å². The van der Waals surface area contributed by atoms with Gasteiger partial charge in [0.25, 0.3) is 0 Å². The van der Waals surface area contributed by atoms with Crippen LogP contribution in [0.3, 0.4) is 0 Å². The normalized spacial score (nSPS) is 12.6. The van der Waals surface area contributed by atoms with E-state index in [0.29, 0.717) is 6.42 Å². The molecule has 0 aliphatic rings. The quantitative estimate of drug-likeness (QED) is 0.494. The average molecular weight is 177 g/mol. The molecule has 0 amide bonds. The number of carbonyl (C=O) groups is 1. The molecule has 0 fully saturated rings. The second-order valence-electron chi connectivity index (χ2n) is 2.12. The summed E-state index contributed by atoms with van der Waals surface area (Å²) in [5.41, 5.74) is 5.48. The average Bonchev–Trinajstić information content (AvgIpc) is 2.03. The summed E-state index contributed by atoms with van der Waals surface area (Å²) in [5, 5.41) is 0. The summed E-state index contributed by atoms with van der Waals surface area (Å²) in [7, 11) is 1.36. The van der Waals surface area contributed by atoms with Gasteiger partial charge in [-0.2, -0.15) is 11.8 Å². The third-order valence-corrected chi connectivity index (χ3v) is 2.21. The van der Waals surface area contributed by atoms with Crippen LogP contribution in [0.4, 0.5) is 0 Å². The lowest BCUT2D eigenvalue weighted by molar-refractivity contribution is -0.142. The van der Waals surface area contributed by atoms with Crippen LogP contribution in [0.1, 0.15) is 13.3 Å². The van der Waals surface area contributed by atoms with Crippen LogP contribution in [0.5, 0.6) is 0 Å². The minimum atomic E-state index is -0.445. The van der Waals surface area contributed by atoms with E-state index in [-0.39, 0.29) is 5.97 Å². The Morgan fingerprint density at radius 1 is 1.73 bits per heavy atom. The van der Waals surface area contributed by atoms with Crippen molar-refractivity contribution in [3.05, 3.63) is 0 Å². The van der Waals surface area contributed by atoms with Gasteiger partial charge in [0.2, 0.25) is 0 Å². The predicted octanol–water partition coefficient (Wildman–Crippen LogP) is 0.630. The molecule has 0 saturated heterocycles. The molecule has 0 unspecified atom stereocenters. The number of hydrogen-bond donors (Lipinski definition) is 1. The van der Waals surface area contributed by atoms with Crippen LogP contribution in [-0.4, -0.2) is 30.6 Å². The number of ether oxygens (including phenoxy) is 1. The van der Waals surface area contributed by atoms with E-state index in [0.717, 1.165) is 11.5 Å².